The summed E-state index contributed by atoms with van der Waals surface area (Å²) in [5.74, 6) is 0.566. The second-order valence-corrected chi connectivity index (χ2v) is 6.07. The molecule has 0 aliphatic rings. The monoisotopic (exact) mass is 363 g/mol. The molecule has 3 rings (SSSR count). The second-order valence-electron chi connectivity index (χ2n) is 5.63. The molecule has 0 aromatic heterocycles. The van der Waals surface area contributed by atoms with Crippen LogP contribution >= 0.6 is 11.6 Å². The first-order valence-corrected chi connectivity index (χ1v) is 8.51. The number of methoxy groups -OCH3 is 1. The SMILES string of the molecule is COc1ccc(Cl)cc1N/C=C/C(=O)c1ccc(-c2ccccc2)cc1. The van der Waals surface area contributed by atoms with Crippen molar-refractivity contribution in [1.29, 1.82) is 0 Å². The number of carbonyl (C=O) groups is 1. The molecule has 0 spiro atoms. The van der Waals surface area contributed by atoms with Crippen LogP contribution in [0.25, 0.3) is 11.1 Å². The van der Waals surface area contributed by atoms with Crippen LogP contribution in [0.1, 0.15) is 10.4 Å². The van der Waals surface area contributed by atoms with E-state index in [1.165, 1.54) is 6.08 Å². The van der Waals surface area contributed by atoms with E-state index in [1.54, 1.807) is 31.5 Å². The molecule has 0 amide bonds. The molecule has 3 aromatic rings. The van der Waals surface area contributed by atoms with Gasteiger partial charge in [0.15, 0.2) is 5.78 Å². The van der Waals surface area contributed by atoms with Gasteiger partial charge in [-0.05, 0) is 29.3 Å². The number of halogens is 1. The average molecular weight is 364 g/mol. The number of nitrogens with one attached hydrogen (secondary N) is 1. The minimum Gasteiger partial charge on any atom is -0.495 e. The Balaban J connectivity index is 1.68. The number of ether oxygens (including phenoxy) is 1. The molecule has 0 unspecified atom stereocenters. The van der Waals surface area contributed by atoms with Crippen molar-refractivity contribution in [1.82, 2.24) is 0 Å². The summed E-state index contributed by atoms with van der Waals surface area (Å²) in [6, 6.07) is 22.9. The second kappa shape index (κ2) is 8.37. The van der Waals surface area contributed by atoms with Gasteiger partial charge in [-0.25, -0.2) is 0 Å². The summed E-state index contributed by atoms with van der Waals surface area (Å²) < 4.78 is 5.26. The fourth-order valence-electron chi connectivity index (χ4n) is 2.55. The van der Waals surface area contributed by atoms with Crippen molar-refractivity contribution >= 4 is 23.1 Å². The molecule has 0 saturated heterocycles. The number of allylic oxidation sites excluding steroid dienone is 1. The highest BCUT2D eigenvalue weighted by Gasteiger charge is 2.04. The van der Waals surface area contributed by atoms with Crippen molar-refractivity contribution in [3.8, 4) is 16.9 Å². The molecule has 0 radical (unpaired) electrons. The number of ketones is 1. The van der Waals surface area contributed by atoms with E-state index < -0.39 is 0 Å². The molecule has 1 N–H and O–H groups in total. The van der Waals surface area contributed by atoms with E-state index in [1.807, 2.05) is 54.6 Å². The lowest BCUT2D eigenvalue weighted by Crippen LogP contribution is -1.97. The van der Waals surface area contributed by atoms with Crippen LogP contribution in [-0.2, 0) is 0 Å². The van der Waals surface area contributed by atoms with Crippen LogP contribution < -0.4 is 10.1 Å². The molecule has 0 heterocycles. The number of rotatable bonds is 6. The quantitative estimate of drug-likeness (QED) is 0.442. The largest absolute Gasteiger partial charge is 0.495 e. The first-order chi connectivity index (χ1) is 12.7. The summed E-state index contributed by atoms with van der Waals surface area (Å²) in [6.07, 6.45) is 3.07. The van der Waals surface area contributed by atoms with Gasteiger partial charge in [0.2, 0.25) is 0 Å². The zero-order valence-electron chi connectivity index (χ0n) is 14.3. The van der Waals surface area contributed by atoms with Crippen LogP contribution in [0.4, 0.5) is 5.69 Å². The predicted octanol–water partition coefficient (Wildman–Crippen LogP) is 5.82. The highest BCUT2D eigenvalue weighted by Crippen LogP contribution is 2.27. The molecule has 0 aliphatic heterocycles. The van der Waals surface area contributed by atoms with E-state index in [2.05, 4.69) is 5.32 Å². The summed E-state index contributed by atoms with van der Waals surface area (Å²) in [4.78, 5) is 12.3. The molecule has 130 valence electrons. The minimum absolute atomic E-state index is 0.0851. The fraction of sp³-hybridized carbons (Fsp3) is 0.0455. The normalized spacial score (nSPS) is 10.7. The molecular formula is C22H18ClNO2. The standard InChI is InChI=1S/C22H18ClNO2/c1-26-22-12-11-19(23)15-20(22)24-14-13-21(25)18-9-7-17(8-10-18)16-5-3-2-4-6-16/h2-15,24H,1H3/b14-13+. The van der Waals surface area contributed by atoms with Gasteiger partial charge in [-0.15, -0.1) is 0 Å². The van der Waals surface area contributed by atoms with Crippen molar-refractivity contribution in [2.45, 2.75) is 0 Å². The van der Waals surface area contributed by atoms with Gasteiger partial charge in [0.1, 0.15) is 5.75 Å². The Hall–Kier alpha value is -3.04. The van der Waals surface area contributed by atoms with Crippen LogP contribution in [0.5, 0.6) is 5.75 Å². The molecule has 26 heavy (non-hydrogen) atoms. The van der Waals surface area contributed by atoms with E-state index >= 15 is 0 Å². The van der Waals surface area contributed by atoms with E-state index in [9.17, 15) is 4.79 Å². The van der Waals surface area contributed by atoms with Crippen LogP contribution in [0.15, 0.2) is 85.1 Å². The molecule has 0 atom stereocenters. The summed E-state index contributed by atoms with van der Waals surface area (Å²) in [7, 11) is 1.58. The molecule has 0 bridgehead atoms. The van der Waals surface area contributed by atoms with Crippen molar-refractivity contribution in [2.75, 3.05) is 12.4 Å². The number of benzene rings is 3. The van der Waals surface area contributed by atoms with Crippen LogP contribution in [0, 0.1) is 0 Å². The third-order valence-corrected chi connectivity index (χ3v) is 4.15. The number of carbonyl (C=O) groups excluding carboxylic acids is 1. The molecule has 0 aliphatic carbocycles. The van der Waals surface area contributed by atoms with Crippen molar-refractivity contribution in [2.24, 2.45) is 0 Å². The van der Waals surface area contributed by atoms with Gasteiger partial charge in [-0.3, -0.25) is 4.79 Å². The average Bonchev–Trinajstić information content (AvgIpc) is 2.69. The first kappa shape index (κ1) is 17.8. The third kappa shape index (κ3) is 4.32. The van der Waals surface area contributed by atoms with Crippen molar-refractivity contribution in [3.63, 3.8) is 0 Å². The van der Waals surface area contributed by atoms with Gasteiger partial charge in [0, 0.05) is 22.9 Å². The fourth-order valence-corrected chi connectivity index (χ4v) is 2.73. The lowest BCUT2D eigenvalue weighted by Gasteiger charge is -2.08. The Kier molecular flexibility index (Phi) is 5.72. The Morgan fingerprint density at radius 3 is 2.35 bits per heavy atom. The lowest BCUT2D eigenvalue weighted by molar-refractivity contribution is 0.104. The molecular weight excluding hydrogens is 346 g/mol. The predicted molar refractivity (Wildman–Crippen MR) is 107 cm³/mol. The Labute approximate surface area is 157 Å². The van der Waals surface area contributed by atoms with Gasteiger partial charge in [-0.2, -0.15) is 0 Å². The summed E-state index contributed by atoms with van der Waals surface area (Å²) >= 11 is 5.99. The maximum atomic E-state index is 12.3. The molecule has 0 fully saturated rings. The minimum atomic E-state index is -0.0851. The van der Waals surface area contributed by atoms with E-state index in [4.69, 9.17) is 16.3 Å². The van der Waals surface area contributed by atoms with Crippen LogP contribution in [-0.4, -0.2) is 12.9 Å². The highest BCUT2D eigenvalue weighted by atomic mass is 35.5. The number of anilines is 1. The van der Waals surface area contributed by atoms with Gasteiger partial charge in [0.25, 0.3) is 0 Å². The lowest BCUT2D eigenvalue weighted by atomic mass is 10.0. The van der Waals surface area contributed by atoms with Gasteiger partial charge >= 0.3 is 0 Å². The number of hydrogen-bond donors (Lipinski definition) is 1. The maximum absolute atomic E-state index is 12.3. The summed E-state index contributed by atoms with van der Waals surface area (Å²) in [5.41, 5.74) is 3.52. The topological polar surface area (TPSA) is 38.3 Å². The first-order valence-electron chi connectivity index (χ1n) is 8.14. The highest BCUT2D eigenvalue weighted by molar-refractivity contribution is 6.30. The van der Waals surface area contributed by atoms with Gasteiger partial charge in [-0.1, -0.05) is 66.2 Å². The summed E-state index contributed by atoms with van der Waals surface area (Å²) in [6.45, 7) is 0. The van der Waals surface area contributed by atoms with E-state index in [0.717, 1.165) is 11.1 Å². The Bertz CT molecular complexity index is 919. The van der Waals surface area contributed by atoms with Gasteiger partial charge < -0.3 is 10.1 Å². The van der Waals surface area contributed by atoms with Crippen LogP contribution in [0.3, 0.4) is 0 Å². The van der Waals surface area contributed by atoms with Crippen LogP contribution in [0.2, 0.25) is 5.02 Å². The zero-order chi connectivity index (χ0) is 18.4. The third-order valence-electron chi connectivity index (χ3n) is 3.91. The Morgan fingerprint density at radius 1 is 0.962 bits per heavy atom. The van der Waals surface area contributed by atoms with E-state index in [0.29, 0.717) is 22.0 Å². The van der Waals surface area contributed by atoms with E-state index in [-0.39, 0.29) is 5.78 Å². The number of hydrogen-bond acceptors (Lipinski definition) is 3. The van der Waals surface area contributed by atoms with Crippen molar-refractivity contribution in [3.05, 3.63) is 95.7 Å². The Morgan fingerprint density at radius 2 is 1.65 bits per heavy atom. The molecule has 3 aromatic carbocycles. The molecule has 4 heteroatoms. The zero-order valence-corrected chi connectivity index (χ0v) is 15.0. The maximum Gasteiger partial charge on any atom is 0.187 e. The molecule has 3 nitrogen and oxygen atoms in total. The van der Waals surface area contributed by atoms with Crippen molar-refractivity contribution < 1.29 is 9.53 Å². The summed E-state index contributed by atoms with van der Waals surface area (Å²) in [5, 5.41) is 3.62. The van der Waals surface area contributed by atoms with Gasteiger partial charge in [0.05, 0.1) is 12.8 Å². The smallest absolute Gasteiger partial charge is 0.187 e. The molecule has 0 saturated carbocycles.